The van der Waals surface area contributed by atoms with Gasteiger partial charge in [-0.1, -0.05) is 27.2 Å². The molecule has 25 heavy (non-hydrogen) atoms. The van der Waals surface area contributed by atoms with E-state index in [0.717, 1.165) is 35.5 Å². The number of aliphatic hydroxyl groups is 1. The Bertz CT molecular complexity index is 479. The van der Waals surface area contributed by atoms with Crippen LogP contribution >= 0.6 is 0 Å². The van der Waals surface area contributed by atoms with E-state index in [1.165, 1.54) is 51.4 Å². The maximum absolute atomic E-state index is 13.0. The maximum Gasteiger partial charge on any atom is 0.115 e. The van der Waals surface area contributed by atoms with Gasteiger partial charge in [-0.2, -0.15) is 0 Å². The molecular weight excluding hydrogens is 311 g/mol. The monoisotopic (exact) mass is 350 g/mol. The molecule has 0 radical (unpaired) electrons. The molecule has 144 valence electrons. The predicted molar refractivity (Wildman–Crippen MR) is 101 cm³/mol. The lowest BCUT2D eigenvalue weighted by molar-refractivity contribution is -0.0727. The Morgan fingerprint density at radius 1 is 1.00 bits per heavy atom. The number of hydrogen-bond acceptors (Lipinski definition) is 1. The molecule has 4 unspecified atom stereocenters. The highest BCUT2D eigenvalue weighted by Gasteiger charge is 2.58. The molecule has 0 aromatic heterocycles. The molecule has 0 bridgehead atoms. The van der Waals surface area contributed by atoms with E-state index in [4.69, 9.17) is 0 Å². The Labute approximate surface area is 154 Å². The minimum Gasteiger partial charge on any atom is -0.390 e. The van der Waals surface area contributed by atoms with Crippen LogP contribution in [0.1, 0.15) is 78.6 Å². The standard InChI is InChI=1S/C23H39FO/c1-14-4-6-18-16(10-14)5-7-20-19(18)8-9-23(3)21(12-17(25)13-24)15(2)11-22(20)23/h14-22,25H,4-13H2,1-3H3/t14-,15+,16+,17?,18-,19?,20+,21?,22?,23+/m0/s1. The average molecular weight is 351 g/mol. The Morgan fingerprint density at radius 3 is 2.52 bits per heavy atom. The minimum absolute atomic E-state index is 0.353. The molecule has 0 aliphatic heterocycles. The Kier molecular flexibility index (Phi) is 4.97. The van der Waals surface area contributed by atoms with Crippen molar-refractivity contribution in [2.75, 3.05) is 6.67 Å². The first kappa shape index (κ1) is 18.3. The van der Waals surface area contributed by atoms with Crippen molar-refractivity contribution in [3.8, 4) is 0 Å². The zero-order chi connectivity index (χ0) is 17.8. The van der Waals surface area contributed by atoms with Crippen molar-refractivity contribution < 1.29 is 9.50 Å². The number of fused-ring (bicyclic) bond motifs is 5. The van der Waals surface area contributed by atoms with Crippen molar-refractivity contribution in [3.05, 3.63) is 0 Å². The highest BCUT2D eigenvalue weighted by molar-refractivity contribution is 5.07. The summed E-state index contributed by atoms with van der Waals surface area (Å²) in [5, 5.41) is 9.98. The largest absolute Gasteiger partial charge is 0.390 e. The third kappa shape index (κ3) is 2.99. The quantitative estimate of drug-likeness (QED) is 0.676. The summed E-state index contributed by atoms with van der Waals surface area (Å²) in [5.41, 5.74) is 0.353. The van der Waals surface area contributed by atoms with Gasteiger partial charge in [0, 0.05) is 0 Å². The van der Waals surface area contributed by atoms with Crippen LogP contribution in [0.4, 0.5) is 4.39 Å². The first-order chi connectivity index (χ1) is 11.9. The Balaban J connectivity index is 1.53. The van der Waals surface area contributed by atoms with E-state index in [1.807, 2.05) is 0 Å². The van der Waals surface area contributed by atoms with Gasteiger partial charge in [0.1, 0.15) is 6.67 Å². The molecule has 1 N–H and O–H groups in total. The molecule has 0 heterocycles. The molecule has 1 nitrogen and oxygen atoms in total. The van der Waals surface area contributed by atoms with E-state index in [0.29, 0.717) is 23.7 Å². The molecule has 4 aliphatic carbocycles. The predicted octanol–water partition coefficient (Wildman–Crippen LogP) is 5.86. The van der Waals surface area contributed by atoms with Crippen LogP contribution in [0.15, 0.2) is 0 Å². The fourth-order valence-electron chi connectivity index (χ4n) is 8.41. The van der Waals surface area contributed by atoms with Crippen LogP contribution < -0.4 is 0 Å². The summed E-state index contributed by atoms with van der Waals surface area (Å²) < 4.78 is 13.0. The summed E-state index contributed by atoms with van der Waals surface area (Å²) in [6, 6.07) is 0. The van der Waals surface area contributed by atoms with E-state index in [1.54, 1.807) is 0 Å². The molecule has 0 saturated heterocycles. The van der Waals surface area contributed by atoms with Crippen LogP contribution in [-0.2, 0) is 0 Å². The van der Waals surface area contributed by atoms with Gasteiger partial charge in [0.2, 0.25) is 0 Å². The van der Waals surface area contributed by atoms with Gasteiger partial charge in [-0.05, 0) is 104 Å². The topological polar surface area (TPSA) is 20.2 Å². The van der Waals surface area contributed by atoms with E-state index >= 15 is 0 Å². The van der Waals surface area contributed by atoms with Crippen LogP contribution in [0.5, 0.6) is 0 Å². The fraction of sp³-hybridized carbons (Fsp3) is 1.00. The molecule has 0 aromatic rings. The zero-order valence-electron chi connectivity index (χ0n) is 16.6. The summed E-state index contributed by atoms with van der Waals surface area (Å²) in [4.78, 5) is 0. The Hall–Kier alpha value is -0.110. The second kappa shape index (κ2) is 6.80. The number of hydrogen-bond donors (Lipinski definition) is 1. The van der Waals surface area contributed by atoms with Gasteiger partial charge in [0.25, 0.3) is 0 Å². The number of rotatable bonds is 3. The molecule has 4 saturated carbocycles. The third-order valence-corrected chi connectivity index (χ3v) is 9.52. The zero-order valence-corrected chi connectivity index (χ0v) is 16.6. The van der Waals surface area contributed by atoms with Gasteiger partial charge in [0.15, 0.2) is 0 Å². The molecular formula is C23H39FO. The van der Waals surface area contributed by atoms with Crippen LogP contribution in [0.25, 0.3) is 0 Å². The molecule has 2 heteroatoms. The van der Waals surface area contributed by atoms with Crippen LogP contribution in [0.2, 0.25) is 0 Å². The van der Waals surface area contributed by atoms with Gasteiger partial charge >= 0.3 is 0 Å². The molecule has 4 fully saturated rings. The van der Waals surface area contributed by atoms with Gasteiger partial charge in [-0.15, -0.1) is 0 Å². The van der Waals surface area contributed by atoms with Crippen LogP contribution in [0.3, 0.4) is 0 Å². The minimum atomic E-state index is -0.740. The van der Waals surface area contributed by atoms with Crippen molar-refractivity contribution in [1.82, 2.24) is 0 Å². The van der Waals surface area contributed by atoms with Gasteiger partial charge in [0.05, 0.1) is 6.10 Å². The normalized spacial score (nSPS) is 53.6. The molecule has 0 aromatic carbocycles. The van der Waals surface area contributed by atoms with Gasteiger partial charge in [-0.25, -0.2) is 4.39 Å². The molecule has 4 rings (SSSR count). The maximum atomic E-state index is 13.0. The van der Waals surface area contributed by atoms with Gasteiger partial charge < -0.3 is 5.11 Å². The molecule has 10 atom stereocenters. The summed E-state index contributed by atoms with van der Waals surface area (Å²) in [6.45, 7) is 6.77. The third-order valence-electron chi connectivity index (χ3n) is 9.52. The highest BCUT2D eigenvalue weighted by atomic mass is 19.1. The number of halogens is 1. The second-order valence-electron chi connectivity index (χ2n) is 10.8. The van der Waals surface area contributed by atoms with E-state index in [9.17, 15) is 9.50 Å². The van der Waals surface area contributed by atoms with Crippen molar-refractivity contribution in [2.24, 2.45) is 52.8 Å². The Morgan fingerprint density at radius 2 is 1.76 bits per heavy atom. The van der Waals surface area contributed by atoms with E-state index < -0.39 is 12.8 Å². The lowest BCUT2D eigenvalue weighted by atomic mass is 9.49. The van der Waals surface area contributed by atoms with Crippen LogP contribution in [0, 0.1) is 52.8 Å². The smallest absolute Gasteiger partial charge is 0.115 e. The van der Waals surface area contributed by atoms with E-state index in [-0.39, 0.29) is 0 Å². The van der Waals surface area contributed by atoms with E-state index in [2.05, 4.69) is 20.8 Å². The van der Waals surface area contributed by atoms with Gasteiger partial charge in [-0.3, -0.25) is 0 Å². The first-order valence-electron chi connectivity index (χ1n) is 11.2. The second-order valence-corrected chi connectivity index (χ2v) is 10.8. The van der Waals surface area contributed by atoms with Crippen molar-refractivity contribution in [2.45, 2.75) is 84.7 Å². The van der Waals surface area contributed by atoms with Crippen molar-refractivity contribution in [1.29, 1.82) is 0 Å². The van der Waals surface area contributed by atoms with Crippen molar-refractivity contribution in [3.63, 3.8) is 0 Å². The summed E-state index contributed by atoms with van der Waals surface area (Å²) in [5.74, 6) is 6.86. The SMILES string of the molecule is C[C@H]1CC[C@@H]2C3CC[C@@]4(C)C(C[C@@H](C)C4CC(O)CF)[C@@H]3CC[C@@H]2C1. The lowest BCUT2D eigenvalue weighted by Crippen LogP contribution is -2.48. The van der Waals surface area contributed by atoms with Crippen molar-refractivity contribution >= 4 is 0 Å². The van der Waals surface area contributed by atoms with Crippen LogP contribution in [-0.4, -0.2) is 17.9 Å². The number of alkyl halides is 1. The molecule has 4 aliphatic rings. The lowest BCUT2D eigenvalue weighted by Gasteiger charge is -2.56. The summed E-state index contributed by atoms with van der Waals surface area (Å²) in [6.07, 6.45) is 11.3. The molecule has 0 amide bonds. The average Bonchev–Trinajstić information content (AvgIpc) is 2.85. The fourth-order valence-corrected chi connectivity index (χ4v) is 8.41. The number of aliphatic hydroxyl groups excluding tert-OH is 1. The summed E-state index contributed by atoms with van der Waals surface area (Å²) in [7, 11) is 0. The molecule has 0 spiro atoms. The summed E-state index contributed by atoms with van der Waals surface area (Å²) >= 11 is 0. The highest BCUT2D eigenvalue weighted by Crippen LogP contribution is 2.66. The first-order valence-corrected chi connectivity index (χ1v) is 11.2.